The molecule has 3 aromatic rings. The van der Waals surface area contributed by atoms with Gasteiger partial charge in [0.1, 0.15) is 11.4 Å². The number of thioether (sulfide) groups is 1. The Morgan fingerprint density at radius 1 is 1.08 bits per heavy atom. The molecule has 3 aromatic carbocycles. The summed E-state index contributed by atoms with van der Waals surface area (Å²) in [6, 6.07) is 21.9. The molecular formula is C28H24N4O3S. The van der Waals surface area contributed by atoms with E-state index in [-0.39, 0.29) is 23.3 Å². The summed E-state index contributed by atoms with van der Waals surface area (Å²) in [6.07, 6.45) is 1.72. The molecule has 0 saturated heterocycles. The lowest BCUT2D eigenvalue weighted by atomic mass is 10.1. The molecule has 7 nitrogen and oxygen atoms in total. The van der Waals surface area contributed by atoms with Crippen LogP contribution in [0.2, 0.25) is 0 Å². The van der Waals surface area contributed by atoms with Crippen molar-refractivity contribution in [2.75, 3.05) is 23.1 Å². The number of rotatable bonds is 6. The number of aryl methyl sites for hydroxylation is 2. The van der Waals surface area contributed by atoms with E-state index in [9.17, 15) is 9.59 Å². The van der Waals surface area contributed by atoms with Crippen LogP contribution in [0.25, 0.3) is 6.08 Å². The predicted molar refractivity (Wildman–Crippen MR) is 144 cm³/mol. The van der Waals surface area contributed by atoms with Crippen molar-refractivity contribution in [3.05, 3.63) is 94.7 Å². The molecular weight excluding hydrogens is 472 g/mol. The van der Waals surface area contributed by atoms with E-state index < -0.39 is 0 Å². The lowest BCUT2D eigenvalue weighted by Crippen LogP contribution is -2.31. The van der Waals surface area contributed by atoms with Crippen molar-refractivity contribution in [3.63, 3.8) is 0 Å². The van der Waals surface area contributed by atoms with E-state index in [0.717, 1.165) is 22.4 Å². The van der Waals surface area contributed by atoms with Crippen LogP contribution >= 0.6 is 11.8 Å². The zero-order valence-electron chi connectivity index (χ0n) is 20.1. The van der Waals surface area contributed by atoms with E-state index in [1.54, 1.807) is 42.4 Å². The van der Waals surface area contributed by atoms with Gasteiger partial charge in [-0.2, -0.15) is 5.26 Å². The summed E-state index contributed by atoms with van der Waals surface area (Å²) < 4.78 is 5.20. The SMILES string of the molecule is COc1ccc(/C=C2\N=C(SCC(=O)Nc3ccc(C#N)cc3)N(c3cc(C)cc(C)c3)C2=O)cc1. The summed E-state index contributed by atoms with van der Waals surface area (Å²) >= 11 is 1.19. The van der Waals surface area contributed by atoms with Crippen molar-refractivity contribution < 1.29 is 14.3 Å². The van der Waals surface area contributed by atoms with Gasteiger partial charge in [0.25, 0.3) is 5.91 Å². The second-order valence-corrected chi connectivity index (χ2v) is 9.15. The highest BCUT2D eigenvalue weighted by atomic mass is 32.2. The Bertz CT molecular complexity index is 1380. The van der Waals surface area contributed by atoms with Crippen LogP contribution in [0, 0.1) is 25.2 Å². The van der Waals surface area contributed by atoms with Crippen molar-refractivity contribution in [1.29, 1.82) is 5.26 Å². The number of carbonyl (C=O) groups excluding carboxylic acids is 2. The first kappa shape index (κ1) is 24.8. The molecule has 0 spiro atoms. The van der Waals surface area contributed by atoms with E-state index in [0.29, 0.717) is 22.1 Å². The summed E-state index contributed by atoms with van der Waals surface area (Å²) in [7, 11) is 1.60. The molecule has 2 amide bonds. The number of nitriles is 1. The molecule has 1 N–H and O–H groups in total. The smallest absolute Gasteiger partial charge is 0.283 e. The maximum atomic E-state index is 13.4. The minimum atomic E-state index is -0.259. The Kier molecular flexibility index (Phi) is 7.52. The van der Waals surface area contributed by atoms with Gasteiger partial charge in [0.05, 0.1) is 30.2 Å². The van der Waals surface area contributed by atoms with Crippen LogP contribution in [0.4, 0.5) is 11.4 Å². The monoisotopic (exact) mass is 496 g/mol. The number of amides is 2. The molecule has 0 aliphatic carbocycles. The number of benzene rings is 3. The third-order valence-corrected chi connectivity index (χ3v) is 6.28. The fourth-order valence-electron chi connectivity index (χ4n) is 3.71. The number of anilines is 2. The summed E-state index contributed by atoms with van der Waals surface area (Å²) in [5, 5.41) is 12.2. The topological polar surface area (TPSA) is 94.8 Å². The van der Waals surface area contributed by atoms with Gasteiger partial charge in [0.2, 0.25) is 5.91 Å². The van der Waals surface area contributed by atoms with Crippen LogP contribution in [0.3, 0.4) is 0 Å². The molecule has 1 aliphatic rings. The average Bonchev–Trinajstić information content (AvgIpc) is 3.17. The van der Waals surface area contributed by atoms with E-state index in [2.05, 4.69) is 10.3 Å². The number of aliphatic imine (C=N–C) groups is 1. The Balaban J connectivity index is 1.58. The maximum Gasteiger partial charge on any atom is 0.283 e. The first-order chi connectivity index (χ1) is 17.4. The largest absolute Gasteiger partial charge is 0.497 e. The fourth-order valence-corrected chi connectivity index (χ4v) is 4.53. The first-order valence-corrected chi connectivity index (χ1v) is 12.1. The normalized spacial score (nSPS) is 13.9. The molecule has 180 valence electrons. The van der Waals surface area contributed by atoms with Gasteiger partial charge in [-0.15, -0.1) is 0 Å². The molecule has 4 rings (SSSR count). The van der Waals surface area contributed by atoms with E-state index in [4.69, 9.17) is 10.00 Å². The van der Waals surface area contributed by atoms with Gasteiger partial charge in [0, 0.05) is 5.69 Å². The highest BCUT2D eigenvalue weighted by molar-refractivity contribution is 8.14. The molecule has 0 unspecified atom stereocenters. The van der Waals surface area contributed by atoms with Gasteiger partial charge in [-0.05, 0) is 85.1 Å². The van der Waals surface area contributed by atoms with Gasteiger partial charge >= 0.3 is 0 Å². The minimum Gasteiger partial charge on any atom is -0.497 e. The quantitative estimate of drug-likeness (QED) is 0.468. The minimum absolute atomic E-state index is 0.0588. The first-order valence-electron chi connectivity index (χ1n) is 11.2. The van der Waals surface area contributed by atoms with Crippen LogP contribution in [-0.4, -0.2) is 29.8 Å². The predicted octanol–water partition coefficient (Wildman–Crippen LogP) is 5.30. The summed E-state index contributed by atoms with van der Waals surface area (Å²) in [5.74, 6) is 0.280. The van der Waals surface area contributed by atoms with Crippen LogP contribution in [0.1, 0.15) is 22.3 Å². The Hall–Kier alpha value is -4.35. The van der Waals surface area contributed by atoms with Crippen LogP contribution in [0.15, 0.2) is 77.4 Å². The number of hydrogen-bond acceptors (Lipinski definition) is 6. The van der Waals surface area contributed by atoms with E-state index >= 15 is 0 Å². The van der Waals surface area contributed by atoms with Gasteiger partial charge in [-0.25, -0.2) is 4.99 Å². The standard InChI is InChI=1S/C28H24N4O3S/c1-18-12-19(2)14-23(13-18)32-27(34)25(15-20-6-10-24(35-3)11-7-20)31-28(32)36-17-26(33)30-22-8-4-21(16-29)5-9-22/h4-15H,17H2,1-3H3,(H,30,33)/b25-15-. The molecule has 1 heterocycles. The Morgan fingerprint density at radius 2 is 1.75 bits per heavy atom. The second kappa shape index (κ2) is 10.9. The molecule has 0 bridgehead atoms. The van der Waals surface area contributed by atoms with Crippen molar-refractivity contribution in [3.8, 4) is 11.8 Å². The second-order valence-electron chi connectivity index (χ2n) is 8.21. The van der Waals surface area contributed by atoms with Crippen LogP contribution in [0.5, 0.6) is 5.75 Å². The lowest BCUT2D eigenvalue weighted by molar-refractivity contribution is -0.114. The summed E-state index contributed by atoms with van der Waals surface area (Å²) in [6.45, 7) is 3.94. The fraction of sp³-hybridized carbons (Fsp3) is 0.143. The molecule has 0 saturated carbocycles. The molecule has 0 atom stereocenters. The van der Waals surface area contributed by atoms with Crippen LogP contribution in [-0.2, 0) is 9.59 Å². The molecule has 0 aromatic heterocycles. The van der Waals surface area contributed by atoms with Gasteiger partial charge in [-0.1, -0.05) is 30.0 Å². The number of nitrogens with one attached hydrogen (secondary N) is 1. The molecule has 0 fully saturated rings. The summed E-state index contributed by atoms with van der Waals surface area (Å²) in [5.41, 5.74) is 4.95. The van der Waals surface area contributed by atoms with Gasteiger partial charge in [-0.3, -0.25) is 14.5 Å². The van der Waals surface area contributed by atoms with Crippen molar-refractivity contribution in [2.45, 2.75) is 13.8 Å². The van der Waals surface area contributed by atoms with Crippen LogP contribution < -0.4 is 15.0 Å². The molecule has 36 heavy (non-hydrogen) atoms. The molecule has 0 radical (unpaired) electrons. The van der Waals surface area contributed by atoms with E-state index in [1.165, 1.54) is 11.8 Å². The third-order valence-electron chi connectivity index (χ3n) is 5.34. The molecule has 1 aliphatic heterocycles. The van der Waals surface area contributed by atoms with E-state index in [1.807, 2.05) is 62.4 Å². The van der Waals surface area contributed by atoms with Crippen molar-refractivity contribution >= 4 is 46.2 Å². The number of amidine groups is 1. The number of methoxy groups -OCH3 is 1. The number of hydrogen-bond donors (Lipinski definition) is 1. The summed E-state index contributed by atoms with van der Waals surface area (Å²) in [4.78, 5) is 32.2. The van der Waals surface area contributed by atoms with Crippen molar-refractivity contribution in [2.24, 2.45) is 4.99 Å². The zero-order valence-corrected chi connectivity index (χ0v) is 20.9. The highest BCUT2D eigenvalue weighted by Gasteiger charge is 2.32. The Morgan fingerprint density at radius 3 is 2.36 bits per heavy atom. The van der Waals surface area contributed by atoms with Gasteiger partial charge < -0.3 is 10.1 Å². The zero-order chi connectivity index (χ0) is 25.7. The maximum absolute atomic E-state index is 13.4. The number of ether oxygens (including phenoxy) is 1. The number of carbonyl (C=O) groups is 2. The molecule has 8 heteroatoms. The third kappa shape index (κ3) is 5.82. The van der Waals surface area contributed by atoms with Crippen molar-refractivity contribution in [1.82, 2.24) is 0 Å². The number of nitrogens with zero attached hydrogens (tertiary/aromatic N) is 3. The average molecular weight is 497 g/mol. The Labute approximate surface area is 214 Å². The highest BCUT2D eigenvalue weighted by Crippen LogP contribution is 2.31. The lowest BCUT2D eigenvalue weighted by Gasteiger charge is -2.19. The van der Waals surface area contributed by atoms with Gasteiger partial charge in [0.15, 0.2) is 5.17 Å².